The smallest absolute Gasteiger partial charge is 0.160 e. The molecule has 0 aliphatic heterocycles. The molecule has 3 rings (SSSR count). The molecule has 3 aromatic rings. The molecule has 0 bridgehead atoms. The number of rotatable bonds is 8. The van der Waals surface area contributed by atoms with Gasteiger partial charge in [-0.05, 0) is 63.8 Å². The predicted molar refractivity (Wildman–Crippen MR) is 127 cm³/mol. The van der Waals surface area contributed by atoms with Gasteiger partial charge >= 0.3 is 0 Å². The normalized spacial score (nSPS) is 12.7. The Balaban J connectivity index is 1.94. The highest BCUT2D eigenvalue weighted by Crippen LogP contribution is 2.32. The third-order valence-corrected chi connectivity index (χ3v) is 5.21. The number of hydrogen-bond acceptors (Lipinski definition) is 7. The molecule has 166 valence electrons. The van der Waals surface area contributed by atoms with Crippen molar-refractivity contribution in [1.29, 1.82) is 5.26 Å². The monoisotopic (exact) mass is 431 g/mol. The van der Waals surface area contributed by atoms with E-state index in [2.05, 4.69) is 21.3 Å². The number of benzene rings is 1. The number of nitriles is 1. The highest BCUT2D eigenvalue weighted by Gasteiger charge is 2.13. The molecule has 32 heavy (non-hydrogen) atoms. The van der Waals surface area contributed by atoms with E-state index < -0.39 is 0 Å². The number of allylic oxidation sites excluding steroid dienone is 1. The molecular weight excluding hydrogens is 402 g/mol. The molecule has 0 amide bonds. The average molecular weight is 432 g/mol. The molecule has 0 unspecified atom stereocenters. The van der Waals surface area contributed by atoms with Crippen LogP contribution in [0.15, 0.2) is 52.8 Å². The standard InChI is InChI=1S/C24H29N7O/c1-16(26)20(17(2)27-3)10-11-32-22-12-18(13-25)6-8-21(22)19-7-9-23-28-29-24(15-30(4)5)31(23)14-19/h6-9,12,14H,10-11,15,26H2,1-5H3. The Bertz CT molecular complexity index is 1210. The van der Waals surface area contributed by atoms with Crippen LogP contribution in [0.4, 0.5) is 0 Å². The zero-order chi connectivity index (χ0) is 23.3. The molecule has 2 N–H and O–H groups in total. The van der Waals surface area contributed by atoms with Crippen molar-refractivity contribution in [2.45, 2.75) is 26.8 Å². The van der Waals surface area contributed by atoms with Gasteiger partial charge in [-0.2, -0.15) is 5.26 Å². The SMILES string of the molecule is CN=C(C)C(CCOc1cc(C#N)ccc1-c1ccc2nnc(CN(C)C)n2c1)=C(C)N. The van der Waals surface area contributed by atoms with E-state index in [4.69, 9.17) is 10.5 Å². The quantitative estimate of drug-likeness (QED) is 0.548. The average Bonchev–Trinajstić information content (AvgIpc) is 3.17. The van der Waals surface area contributed by atoms with Crippen molar-refractivity contribution in [2.75, 3.05) is 27.7 Å². The van der Waals surface area contributed by atoms with Gasteiger partial charge < -0.3 is 15.4 Å². The minimum Gasteiger partial charge on any atom is -0.493 e. The Kier molecular flexibility index (Phi) is 7.23. The molecule has 0 aliphatic rings. The van der Waals surface area contributed by atoms with Gasteiger partial charge in [-0.3, -0.25) is 9.39 Å². The van der Waals surface area contributed by atoms with Gasteiger partial charge in [0, 0.05) is 42.2 Å². The van der Waals surface area contributed by atoms with Crippen LogP contribution in [0.25, 0.3) is 16.8 Å². The van der Waals surface area contributed by atoms with Gasteiger partial charge in [0.2, 0.25) is 0 Å². The van der Waals surface area contributed by atoms with E-state index in [1.165, 1.54) is 0 Å². The topological polar surface area (TPSA) is 105 Å². The van der Waals surface area contributed by atoms with Crippen molar-refractivity contribution in [3.05, 3.63) is 59.2 Å². The first kappa shape index (κ1) is 23.0. The third kappa shape index (κ3) is 5.13. The van der Waals surface area contributed by atoms with E-state index in [0.717, 1.165) is 39.6 Å². The van der Waals surface area contributed by atoms with E-state index in [1.54, 1.807) is 19.2 Å². The van der Waals surface area contributed by atoms with Crippen molar-refractivity contribution >= 4 is 11.4 Å². The van der Waals surface area contributed by atoms with Crippen molar-refractivity contribution in [2.24, 2.45) is 10.7 Å². The minimum atomic E-state index is 0.416. The summed E-state index contributed by atoms with van der Waals surface area (Å²) in [5, 5.41) is 17.9. The van der Waals surface area contributed by atoms with Crippen LogP contribution in [0.5, 0.6) is 5.75 Å². The molecule has 0 radical (unpaired) electrons. The van der Waals surface area contributed by atoms with Crippen LogP contribution in [0, 0.1) is 11.3 Å². The number of pyridine rings is 1. The Morgan fingerprint density at radius 2 is 2.00 bits per heavy atom. The maximum absolute atomic E-state index is 9.38. The number of aromatic nitrogens is 3. The van der Waals surface area contributed by atoms with E-state index in [9.17, 15) is 5.26 Å². The summed E-state index contributed by atoms with van der Waals surface area (Å²) in [5.74, 6) is 1.50. The lowest BCUT2D eigenvalue weighted by Crippen LogP contribution is -2.13. The van der Waals surface area contributed by atoms with Crippen molar-refractivity contribution in [3.63, 3.8) is 0 Å². The molecule has 2 aromatic heterocycles. The summed E-state index contributed by atoms with van der Waals surface area (Å²) in [4.78, 5) is 6.29. The molecule has 0 saturated carbocycles. The van der Waals surface area contributed by atoms with Crippen LogP contribution in [0.1, 0.15) is 31.7 Å². The van der Waals surface area contributed by atoms with Gasteiger partial charge in [0.25, 0.3) is 0 Å². The molecule has 0 spiro atoms. The number of hydrogen-bond donors (Lipinski definition) is 1. The molecule has 0 saturated heterocycles. The summed E-state index contributed by atoms with van der Waals surface area (Å²) in [6, 6.07) is 11.6. The fraction of sp³-hybridized carbons (Fsp3) is 0.333. The predicted octanol–water partition coefficient (Wildman–Crippen LogP) is 3.42. The largest absolute Gasteiger partial charge is 0.493 e. The van der Waals surface area contributed by atoms with Crippen LogP contribution in [0.2, 0.25) is 0 Å². The number of fused-ring (bicyclic) bond motifs is 1. The number of aliphatic imine (C=N–C) groups is 1. The second-order valence-corrected chi connectivity index (χ2v) is 7.89. The second-order valence-electron chi connectivity index (χ2n) is 7.89. The summed E-state index contributed by atoms with van der Waals surface area (Å²) >= 11 is 0. The Labute approximate surface area is 188 Å². The Hall–Kier alpha value is -3.70. The highest BCUT2D eigenvalue weighted by atomic mass is 16.5. The fourth-order valence-electron chi connectivity index (χ4n) is 3.50. The Morgan fingerprint density at radius 1 is 1.22 bits per heavy atom. The Morgan fingerprint density at radius 3 is 2.66 bits per heavy atom. The van der Waals surface area contributed by atoms with Gasteiger partial charge in [0.05, 0.1) is 24.8 Å². The van der Waals surface area contributed by atoms with Crippen molar-refractivity contribution < 1.29 is 4.74 Å². The summed E-state index contributed by atoms with van der Waals surface area (Å²) in [7, 11) is 5.74. The first-order valence-corrected chi connectivity index (χ1v) is 10.4. The highest BCUT2D eigenvalue weighted by molar-refractivity contribution is 5.98. The molecule has 8 nitrogen and oxygen atoms in total. The summed E-state index contributed by atoms with van der Waals surface area (Å²) in [6.45, 7) is 4.89. The molecule has 0 atom stereocenters. The first-order chi connectivity index (χ1) is 15.3. The molecule has 0 fully saturated rings. The molecule has 1 aromatic carbocycles. The van der Waals surface area contributed by atoms with Gasteiger partial charge in [-0.25, -0.2) is 0 Å². The van der Waals surface area contributed by atoms with Gasteiger partial charge in [0.1, 0.15) is 5.75 Å². The van der Waals surface area contributed by atoms with E-state index in [0.29, 0.717) is 30.9 Å². The first-order valence-electron chi connectivity index (χ1n) is 10.4. The summed E-state index contributed by atoms with van der Waals surface area (Å²) in [5.41, 5.74) is 11.8. The lowest BCUT2D eigenvalue weighted by molar-refractivity contribution is 0.324. The molecular formula is C24H29N7O. The van der Waals surface area contributed by atoms with Crippen molar-refractivity contribution in [3.8, 4) is 22.9 Å². The van der Waals surface area contributed by atoms with Gasteiger partial charge in [-0.15, -0.1) is 10.2 Å². The van der Waals surface area contributed by atoms with Crippen LogP contribution in [-0.4, -0.2) is 53.0 Å². The molecule has 8 heteroatoms. The zero-order valence-electron chi connectivity index (χ0n) is 19.3. The maximum Gasteiger partial charge on any atom is 0.160 e. The van der Waals surface area contributed by atoms with E-state index in [1.807, 2.05) is 61.6 Å². The number of ether oxygens (including phenoxy) is 1. The minimum absolute atomic E-state index is 0.416. The van der Waals surface area contributed by atoms with E-state index in [-0.39, 0.29) is 0 Å². The van der Waals surface area contributed by atoms with Crippen LogP contribution >= 0.6 is 0 Å². The molecule has 0 aliphatic carbocycles. The lowest BCUT2D eigenvalue weighted by Gasteiger charge is -2.15. The van der Waals surface area contributed by atoms with Crippen LogP contribution in [0.3, 0.4) is 0 Å². The van der Waals surface area contributed by atoms with Crippen LogP contribution in [-0.2, 0) is 6.54 Å². The lowest BCUT2D eigenvalue weighted by atomic mass is 10.0. The number of nitrogens with zero attached hydrogens (tertiary/aromatic N) is 6. The third-order valence-electron chi connectivity index (χ3n) is 5.21. The van der Waals surface area contributed by atoms with E-state index >= 15 is 0 Å². The maximum atomic E-state index is 9.38. The summed E-state index contributed by atoms with van der Waals surface area (Å²) in [6.07, 6.45) is 2.63. The van der Waals surface area contributed by atoms with Gasteiger partial charge in [0.15, 0.2) is 11.5 Å². The zero-order valence-corrected chi connectivity index (χ0v) is 19.3. The van der Waals surface area contributed by atoms with Crippen LogP contribution < -0.4 is 10.5 Å². The number of nitrogens with two attached hydrogens (primary N) is 1. The molecule has 2 heterocycles. The summed E-state index contributed by atoms with van der Waals surface area (Å²) < 4.78 is 8.14. The van der Waals surface area contributed by atoms with Gasteiger partial charge in [-0.1, -0.05) is 0 Å². The second kappa shape index (κ2) is 10.1. The van der Waals surface area contributed by atoms with Crippen molar-refractivity contribution in [1.82, 2.24) is 19.5 Å². The fourth-order valence-corrected chi connectivity index (χ4v) is 3.50.